The van der Waals surface area contributed by atoms with Gasteiger partial charge < -0.3 is 4.90 Å². The number of nitrogens with zero attached hydrogens (tertiary/aromatic N) is 4. The Morgan fingerprint density at radius 3 is 2.48 bits per heavy atom. The van der Waals surface area contributed by atoms with Gasteiger partial charge in [-0.25, -0.2) is 0 Å². The summed E-state index contributed by atoms with van der Waals surface area (Å²) in [5.74, 6) is 0. The summed E-state index contributed by atoms with van der Waals surface area (Å²) >= 11 is 3.27. The lowest BCUT2D eigenvalue weighted by molar-refractivity contribution is -0.384. The van der Waals surface area contributed by atoms with Crippen molar-refractivity contribution in [3.8, 4) is 6.07 Å². The lowest BCUT2D eigenvalue weighted by atomic mass is 10.0. The lowest BCUT2D eigenvalue weighted by Crippen LogP contribution is -2.54. The first-order valence-corrected chi connectivity index (χ1v) is 7.49. The third kappa shape index (κ3) is 3.34. The third-order valence-corrected chi connectivity index (χ3v) is 4.31. The maximum Gasteiger partial charge on any atom is 0.293 e. The zero-order chi connectivity index (χ0) is 15.6. The molecule has 0 aromatic heterocycles. The fourth-order valence-electron chi connectivity index (χ4n) is 2.49. The van der Waals surface area contributed by atoms with E-state index in [0.717, 1.165) is 0 Å². The van der Waals surface area contributed by atoms with Crippen molar-refractivity contribution in [3.63, 3.8) is 0 Å². The summed E-state index contributed by atoms with van der Waals surface area (Å²) in [4.78, 5) is 14.9. The van der Waals surface area contributed by atoms with Crippen molar-refractivity contribution in [2.24, 2.45) is 0 Å². The summed E-state index contributed by atoms with van der Waals surface area (Å²) in [7, 11) is 0. The Morgan fingerprint density at radius 2 is 1.95 bits per heavy atom. The van der Waals surface area contributed by atoms with Crippen molar-refractivity contribution < 1.29 is 4.92 Å². The van der Waals surface area contributed by atoms with Crippen LogP contribution in [-0.2, 0) is 0 Å². The minimum atomic E-state index is -0.502. The fourth-order valence-corrected chi connectivity index (χ4v) is 2.84. The minimum absolute atomic E-state index is 0.109. The zero-order valence-electron chi connectivity index (χ0n) is 12.0. The van der Waals surface area contributed by atoms with E-state index < -0.39 is 5.54 Å². The second-order valence-electron chi connectivity index (χ2n) is 5.54. The molecule has 0 atom stereocenters. The highest BCUT2D eigenvalue weighted by Crippen LogP contribution is 2.32. The molecule has 1 fully saturated rings. The normalized spacial score (nSPS) is 16.6. The molecular weight excluding hydrogens is 336 g/mol. The average molecular weight is 353 g/mol. The number of nitriles is 1. The van der Waals surface area contributed by atoms with Crippen LogP contribution >= 0.6 is 15.9 Å². The number of benzene rings is 1. The van der Waals surface area contributed by atoms with Crippen LogP contribution in [0.3, 0.4) is 0 Å². The van der Waals surface area contributed by atoms with E-state index in [1.165, 1.54) is 6.07 Å². The van der Waals surface area contributed by atoms with Gasteiger partial charge in [0.1, 0.15) is 11.2 Å². The molecule has 0 aliphatic carbocycles. The minimum Gasteiger partial charge on any atom is -0.363 e. The van der Waals surface area contributed by atoms with Crippen molar-refractivity contribution in [1.82, 2.24) is 4.90 Å². The molecule has 2 rings (SSSR count). The zero-order valence-corrected chi connectivity index (χ0v) is 13.6. The smallest absolute Gasteiger partial charge is 0.293 e. The molecule has 7 heteroatoms. The summed E-state index contributed by atoms with van der Waals surface area (Å²) < 4.78 is 0.696. The van der Waals surface area contributed by atoms with E-state index in [9.17, 15) is 15.4 Å². The van der Waals surface area contributed by atoms with E-state index >= 15 is 0 Å². The van der Waals surface area contributed by atoms with Gasteiger partial charge in [0.25, 0.3) is 5.69 Å². The van der Waals surface area contributed by atoms with E-state index in [0.29, 0.717) is 36.3 Å². The molecule has 0 saturated carbocycles. The van der Waals surface area contributed by atoms with Crippen LogP contribution in [0.4, 0.5) is 11.4 Å². The Kier molecular flexibility index (Phi) is 4.49. The Morgan fingerprint density at radius 1 is 1.33 bits per heavy atom. The number of rotatable bonds is 3. The van der Waals surface area contributed by atoms with Crippen LogP contribution in [0, 0.1) is 21.4 Å². The van der Waals surface area contributed by atoms with Gasteiger partial charge >= 0.3 is 0 Å². The topological polar surface area (TPSA) is 73.4 Å². The highest BCUT2D eigenvalue weighted by Gasteiger charge is 2.31. The number of piperazine rings is 1. The van der Waals surface area contributed by atoms with Crippen LogP contribution in [0.2, 0.25) is 0 Å². The number of nitro groups is 1. The molecule has 21 heavy (non-hydrogen) atoms. The van der Waals surface area contributed by atoms with Gasteiger partial charge in [-0.3, -0.25) is 15.0 Å². The first kappa shape index (κ1) is 15.7. The Balaban J connectivity index is 2.17. The van der Waals surface area contributed by atoms with Crippen molar-refractivity contribution >= 4 is 27.3 Å². The van der Waals surface area contributed by atoms with E-state index in [-0.39, 0.29) is 10.6 Å². The second kappa shape index (κ2) is 6.00. The largest absolute Gasteiger partial charge is 0.363 e. The van der Waals surface area contributed by atoms with Crippen molar-refractivity contribution in [1.29, 1.82) is 5.26 Å². The van der Waals surface area contributed by atoms with Crippen LogP contribution in [0.25, 0.3) is 0 Å². The summed E-state index contributed by atoms with van der Waals surface area (Å²) in [6.07, 6.45) is 0. The second-order valence-corrected chi connectivity index (χ2v) is 6.45. The summed E-state index contributed by atoms with van der Waals surface area (Å²) in [6.45, 7) is 6.57. The molecule has 0 spiro atoms. The van der Waals surface area contributed by atoms with Gasteiger partial charge in [-0.15, -0.1) is 0 Å². The fraction of sp³-hybridized carbons (Fsp3) is 0.500. The predicted octanol–water partition coefficient (Wildman–Crippen LogP) is 2.78. The van der Waals surface area contributed by atoms with Crippen molar-refractivity contribution in [2.45, 2.75) is 19.4 Å². The molecule has 112 valence electrons. The van der Waals surface area contributed by atoms with E-state index in [2.05, 4.69) is 26.9 Å². The highest BCUT2D eigenvalue weighted by molar-refractivity contribution is 9.10. The highest BCUT2D eigenvalue weighted by atomic mass is 79.9. The molecular formula is C14H17BrN4O2. The van der Waals surface area contributed by atoms with Crippen LogP contribution in [0.15, 0.2) is 22.7 Å². The standard InChI is InChI=1S/C14H17BrN4O2/c1-14(2,10-16)18-7-5-17(6-8-18)12-4-3-11(15)9-13(12)19(20)21/h3-4,9H,5-8H2,1-2H3. The summed E-state index contributed by atoms with van der Waals surface area (Å²) in [5, 5.41) is 20.4. The van der Waals surface area contributed by atoms with Crippen molar-refractivity contribution in [3.05, 3.63) is 32.8 Å². The molecule has 1 aromatic carbocycles. The molecule has 1 saturated heterocycles. The molecule has 1 aromatic rings. The molecule has 1 aliphatic rings. The summed E-state index contributed by atoms with van der Waals surface area (Å²) in [6, 6.07) is 7.41. The van der Waals surface area contributed by atoms with Crippen LogP contribution < -0.4 is 4.90 Å². The Labute approximate surface area is 132 Å². The van der Waals surface area contributed by atoms with Gasteiger partial charge in [0.05, 0.1) is 11.0 Å². The quantitative estimate of drug-likeness (QED) is 0.617. The first-order chi connectivity index (χ1) is 9.85. The van der Waals surface area contributed by atoms with Crippen LogP contribution in [-0.4, -0.2) is 41.5 Å². The van der Waals surface area contributed by atoms with Gasteiger partial charge in [-0.05, 0) is 26.0 Å². The number of nitro benzene ring substituents is 1. The number of hydrogen-bond donors (Lipinski definition) is 0. The van der Waals surface area contributed by atoms with Crippen molar-refractivity contribution in [2.75, 3.05) is 31.1 Å². The molecule has 0 radical (unpaired) electrons. The molecule has 0 unspecified atom stereocenters. The molecule has 1 heterocycles. The first-order valence-electron chi connectivity index (χ1n) is 6.70. The predicted molar refractivity (Wildman–Crippen MR) is 84.3 cm³/mol. The lowest BCUT2D eigenvalue weighted by Gasteiger charge is -2.41. The van der Waals surface area contributed by atoms with Gasteiger partial charge in [-0.2, -0.15) is 5.26 Å². The number of anilines is 1. The van der Waals surface area contributed by atoms with E-state index in [1.807, 2.05) is 24.8 Å². The third-order valence-electron chi connectivity index (χ3n) is 3.82. The van der Waals surface area contributed by atoms with Gasteiger partial charge in [0.15, 0.2) is 0 Å². The maximum atomic E-state index is 11.2. The Hall–Kier alpha value is -1.65. The van der Waals surface area contributed by atoms with E-state index in [1.54, 1.807) is 6.07 Å². The molecule has 0 amide bonds. The van der Waals surface area contributed by atoms with Crippen LogP contribution in [0.1, 0.15) is 13.8 Å². The van der Waals surface area contributed by atoms with Gasteiger partial charge in [-0.1, -0.05) is 15.9 Å². The molecule has 6 nitrogen and oxygen atoms in total. The number of halogens is 1. The monoisotopic (exact) mass is 352 g/mol. The summed E-state index contributed by atoms with van der Waals surface area (Å²) in [5.41, 5.74) is 0.243. The van der Waals surface area contributed by atoms with E-state index in [4.69, 9.17) is 0 Å². The molecule has 1 aliphatic heterocycles. The molecule has 0 bridgehead atoms. The SMILES string of the molecule is CC(C)(C#N)N1CCN(c2ccc(Br)cc2[N+](=O)[O-])CC1. The number of hydrogen-bond acceptors (Lipinski definition) is 5. The van der Waals surface area contributed by atoms with Gasteiger partial charge in [0.2, 0.25) is 0 Å². The molecule has 0 N–H and O–H groups in total. The maximum absolute atomic E-state index is 11.2. The van der Waals surface area contributed by atoms with Gasteiger partial charge in [0, 0.05) is 36.7 Å². The van der Waals surface area contributed by atoms with Crippen LogP contribution in [0.5, 0.6) is 0 Å². The Bertz CT molecular complexity index is 589. The average Bonchev–Trinajstić information content (AvgIpc) is 2.47.